The molecule has 1 N–H and O–H groups in total. The van der Waals surface area contributed by atoms with Crippen LogP contribution in [-0.2, 0) is 13.0 Å². The number of nitrogens with zero attached hydrogens (tertiary/aromatic N) is 3. The summed E-state index contributed by atoms with van der Waals surface area (Å²) in [5.74, 6) is 0.546. The van der Waals surface area contributed by atoms with Crippen molar-refractivity contribution in [1.29, 1.82) is 0 Å². The lowest BCUT2D eigenvalue weighted by Gasteiger charge is -2.10. The van der Waals surface area contributed by atoms with Crippen LogP contribution in [0.2, 0.25) is 0 Å². The van der Waals surface area contributed by atoms with Crippen molar-refractivity contribution in [1.82, 2.24) is 14.5 Å². The fourth-order valence-electron chi connectivity index (χ4n) is 4.63. The maximum absolute atomic E-state index is 13.0. The molecule has 7 heteroatoms. The fourth-order valence-corrected chi connectivity index (χ4v) is 5.34. The van der Waals surface area contributed by atoms with Gasteiger partial charge in [0.15, 0.2) is 5.13 Å². The van der Waals surface area contributed by atoms with Crippen LogP contribution in [0.15, 0.2) is 70.8 Å². The number of benzene rings is 3. The first-order valence-corrected chi connectivity index (χ1v) is 12.3. The summed E-state index contributed by atoms with van der Waals surface area (Å²) in [5, 5.41) is 8.21. The van der Waals surface area contributed by atoms with Gasteiger partial charge in [-0.15, -0.1) is 11.3 Å². The SMILES string of the molecule is O=C(Nc1nc(-c2cccc3ccccc23)cs1)c1ccc2c(=O)n3c(nc2c1)CCCCC3. The molecule has 0 unspecified atom stereocenters. The van der Waals surface area contributed by atoms with Crippen molar-refractivity contribution in [2.45, 2.75) is 32.2 Å². The Bertz CT molecular complexity index is 1610. The lowest BCUT2D eigenvalue weighted by Crippen LogP contribution is -2.24. The molecule has 1 amide bonds. The Morgan fingerprint density at radius 2 is 1.82 bits per heavy atom. The number of anilines is 1. The van der Waals surface area contributed by atoms with E-state index >= 15 is 0 Å². The number of hydrogen-bond donors (Lipinski definition) is 1. The standard InChI is InChI=1S/C27H22N4O2S/c32-25(18-12-13-21-22(15-18)28-24-11-2-1-5-14-31(24)26(21)33)30-27-29-23(16-34-27)20-10-6-8-17-7-3-4-9-19(17)20/h3-4,6-10,12-13,15-16H,1-2,5,11,14H2,(H,29,30,32). The zero-order chi connectivity index (χ0) is 23.1. The van der Waals surface area contributed by atoms with Gasteiger partial charge in [0, 0.05) is 29.5 Å². The van der Waals surface area contributed by atoms with Crippen molar-refractivity contribution < 1.29 is 4.79 Å². The van der Waals surface area contributed by atoms with Gasteiger partial charge in [-0.25, -0.2) is 9.97 Å². The number of nitrogens with one attached hydrogen (secondary N) is 1. The third-order valence-corrected chi connectivity index (χ3v) is 7.13. The summed E-state index contributed by atoms with van der Waals surface area (Å²) in [6, 6.07) is 19.4. The highest BCUT2D eigenvalue weighted by Crippen LogP contribution is 2.31. The van der Waals surface area contributed by atoms with Crippen molar-refractivity contribution in [3.8, 4) is 11.3 Å². The molecule has 168 valence electrons. The predicted octanol–water partition coefficient (Wildman–Crippen LogP) is 5.65. The van der Waals surface area contributed by atoms with Crippen LogP contribution in [-0.4, -0.2) is 20.4 Å². The highest BCUT2D eigenvalue weighted by Gasteiger charge is 2.16. The second kappa shape index (κ2) is 8.50. The number of carbonyl (C=O) groups excluding carboxylic acids is 1. The quantitative estimate of drug-likeness (QED) is 0.373. The Labute approximate surface area is 199 Å². The molecule has 2 aromatic heterocycles. The van der Waals surface area contributed by atoms with Gasteiger partial charge in [0.1, 0.15) is 5.82 Å². The van der Waals surface area contributed by atoms with Gasteiger partial charge >= 0.3 is 0 Å². The zero-order valence-electron chi connectivity index (χ0n) is 18.5. The third-order valence-electron chi connectivity index (χ3n) is 6.37. The summed E-state index contributed by atoms with van der Waals surface area (Å²) in [7, 11) is 0. The monoisotopic (exact) mass is 466 g/mol. The van der Waals surface area contributed by atoms with Gasteiger partial charge in [0.2, 0.25) is 0 Å². The van der Waals surface area contributed by atoms with E-state index in [2.05, 4.69) is 28.5 Å². The van der Waals surface area contributed by atoms with E-state index in [1.165, 1.54) is 11.3 Å². The normalized spacial score (nSPS) is 13.5. The molecule has 6 nitrogen and oxygen atoms in total. The Kier molecular flexibility index (Phi) is 5.19. The molecule has 0 spiro atoms. The first-order valence-electron chi connectivity index (χ1n) is 11.5. The molecule has 3 heterocycles. The number of rotatable bonds is 3. The molecular weight excluding hydrogens is 444 g/mol. The Morgan fingerprint density at radius 3 is 2.76 bits per heavy atom. The predicted molar refractivity (Wildman–Crippen MR) is 137 cm³/mol. The van der Waals surface area contributed by atoms with Crippen LogP contribution in [0.1, 0.15) is 35.4 Å². The molecule has 34 heavy (non-hydrogen) atoms. The highest BCUT2D eigenvalue weighted by molar-refractivity contribution is 7.14. The van der Waals surface area contributed by atoms with Gasteiger partial charge in [-0.1, -0.05) is 48.9 Å². The summed E-state index contributed by atoms with van der Waals surface area (Å²) < 4.78 is 1.79. The Hall–Kier alpha value is -3.84. The summed E-state index contributed by atoms with van der Waals surface area (Å²) >= 11 is 1.39. The van der Waals surface area contributed by atoms with E-state index in [1.807, 2.05) is 29.6 Å². The lowest BCUT2D eigenvalue weighted by molar-refractivity contribution is 0.102. The minimum Gasteiger partial charge on any atom is -0.298 e. The van der Waals surface area contributed by atoms with Gasteiger partial charge < -0.3 is 0 Å². The molecule has 0 saturated heterocycles. The molecule has 6 rings (SSSR count). The maximum atomic E-state index is 13.0. The Balaban J connectivity index is 1.29. The molecule has 0 saturated carbocycles. The first kappa shape index (κ1) is 20.7. The largest absolute Gasteiger partial charge is 0.298 e. The number of amides is 1. The summed E-state index contributed by atoms with van der Waals surface area (Å²) in [6.07, 6.45) is 3.91. The van der Waals surface area contributed by atoms with E-state index in [-0.39, 0.29) is 11.5 Å². The molecule has 1 aliphatic heterocycles. The van der Waals surface area contributed by atoms with E-state index in [9.17, 15) is 9.59 Å². The molecule has 0 radical (unpaired) electrons. The number of fused-ring (bicyclic) bond motifs is 3. The van der Waals surface area contributed by atoms with Crippen LogP contribution >= 0.6 is 11.3 Å². The zero-order valence-corrected chi connectivity index (χ0v) is 19.3. The molecule has 1 aliphatic rings. The van der Waals surface area contributed by atoms with Crippen molar-refractivity contribution in [2.75, 3.05) is 5.32 Å². The summed E-state index contributed by atoms with van der Waals surface area (Å²) in [6.45, 7) is 0.711. The van der Waals surface area contributed by atoms with E-state index in [4.69, 9.17) is 4.98 Å². The molecule has 0 atom stereocenters. The summed E-state index contributed by atoms with van der Waals surface area (Å²) in [4.78, 5) is 35.3. The minimum absolute atomic E-state index is 0.0199. The fraction of sp³-hybridized carbons (Fsp3) is 0.185. The second-order valence-electron chi connectivity index (χ2n) is 8.55. The summed E-state index contributed by atoms with van der Waals surface area (Å²) in [5.41, 5.74) is 2.87. The van der Waals surface area contributed by atoms with Crippen molar-refractivity contribution in [3.63, 3.8) is 0 Å². The maximum Gasteiger partial charge on any atom is 0.261 e. The van der Waals surface area contributed by atoms with Gasteiger partial charge in [0.05, 0.1) is 16.6 Å². The smallest absolute Gasteiger partial charge is 0.261 e. The van der Waals surface area contributed by atoms with Gasteiger partial charge in [-0.2, -0.15) is 0 Å². The number of hydrogen-bond acceptors (Lipinski definition) is 5. The average Bonchev–Trinajstić information content (AvgIpc) is 3.19. The van der Waals surface area contributed by atoms with Crippen LogP contribution in [0.3, 0.4) is 0 Å². The van der Waals surface area contributed by atoms with E-state index in [0.29, 0.717) is 28.1 Å². The van der Waals surface area contributed by atoms with Crippen LogP contribution in [0.5, 0.6) is 0 Å². The van der Waals surface area contributed by atoms with Crippen LogP contribution in [0, 0.1) is 0 Å². The van der Waals surface area contributed by atoms with Crippen molar-refractivity contribution in [2.24, 2.45) is 0 Å². The molecule has 0 aliphatic carbocycles. The Morgan fingerprint density at radius 1 is 0.941 bits per heavy atom. The first-order chi connectivity index (χ1) is 16.7. The van der Waals surface area contributed by atoms with Crippen LogP contribution in [0.4, 0.5) is 5.13 Å². The highest BCUT2D eigenvalue weighted by atomic mass is 32.1. The van der Waals surface area contributed by atoms with E-state index in [0.717, 1.165) is 53.5 Å². The third kappa shape index (κ3) is 3.68. The number of thiazole rings is 1. The van der Waals surface area contributed by atoms with Crippen molar-refractivity contribution >= 4 is 44.1 Å². The second-order valence-corrected chi connectivity index (χ2v) is 9.40. The molecular formula is C27H22N4O2S. The van der Waals surface area contributed by atoms with Crippen LogP contribution < -0.4 is 10.9 Å². The topological polar surface area (TPSA) is 76.9 Å². The van der Waals surface area contributed by atoms with Crippen LogP contribution in [0.25, 0.3) is 32.9 Å². The molecule has 0 fully saturated rings. The van der Waals surface area contributed by atoms with Gasteiger partial charge in [-0.3, -0.25) is 19.5 Å². The average molecular weight is 467 g/mol. The molecule has 3 aromatic carbocycles. The molecule has 0 bridgehead atoms. The minimum atomic E-state index is -0.266. The number of aromatic nitrogens is 3. The van der Waals surface area contributed by atoms with E-state index < -0.39 is 0 Å². The number of carbonyl (C=O) groups is 1. The van der Waals surface area contributed by atoms with E-state index in [1.54, 1.807) is 22.8 Å². The van der Waals surface area contributed by atoms with Gasteiger partial charge in [-0.05, 0) is 41.8 Å². The number of aryl methyl sites for hydroxylation is 1. The van der Waals surface area contributed by atoms with Gasteiger partial charge in [0.25, 0.3) is 11.5 Å². The van der Waals surface area contributed by atoms with Crippen molar-refractivity contribution in [3.05, 3.63) is 87.8 Å². The molecule has 5 aromatic rings. The lowest BCUT2D eigenvalue weighted by atomic mass is 10.0.